The molecule has 0 saturated carbocycles. The van der Waals surface area contributed by atoms with Crippen LogP contribution in [0, 0.1) is 20.8 Å². The van der Waals surface area contributed by atoms with Gasteiger partial charge in [0.05, 0.1) is 11.4 Å². The number of aryl methyl sites for hydroxylation is 3. The highest BCUT2D eigenvalue weighted by Crippen LogP contribution is 2.26. The first-order chi connectivity index (χ1) is 13.9. The third-order valence-corrected chi connectivity index (χ3v) is 5.07. The molecule has 0 fully saturated rings. The van der Waals surface area contributed by atoms with Crippen molar-refractivity contribution >= 4 is 23.2 Å². The quantitative estimate of drug-likeness (QED) is 0.488. The second-order valence-corrected chi connectivity index (χ2v) is 7.47. The van der Waals surface area contributed by atoms with Crippen molar-refractivity contribution in [1.82, 2.24) is 14.3 Å². The van der Waals surface area contributed by atoms with Gasteiger partial charge in [-0.1, -0.05) is 35.4 Å². The Labute approximate surface area is 174 Å². The molecule has 2 aromatic carbocycles. The van der Waals surface area contributed by atoms with E-state index in [0.717, 1.165) is 16.8 Å². The molecule has 1 amide bonds. The van der Waals surface area contributed by atoms with E-state index in [1.165, 1.54) is 0 Å². The van der Waals surface area contributed by atoms with Crippen molar-refractivity contribution in [2.75, 3.05) is 5.32 Å². The van der Waals surface area contributed by atoms with E-state index in [2.05, 4.69) is 10.4 Å². The Balaban J connectivity index is 1.84. The summed E-state index contributed by atoms with van der Waals surface area (Å²) in [4.78, 5) is 13.3. The second-order valence-electron chi connectivity index (χ2n) is 7.04. The van der Waals surface area contributed by atoms with Gasteiger partial charge in [-0.25, -0.2) is 4.68 Å². The number of nitrogens with zero attached hydrogens (tertiary/aromatic N) is 3. The van der Waals surface area contributed by atoms with Crippen LogP contribution in [0.1, 0.15) is 27.2 Å². The summed E-state index contributed by atoms with van der Waals surface area (Å²) in [5.41, 5.74) is 4.83. The summed E-state index contributed by atoms with van der Waals surface area (Å²) in [5, 5.41) is 8.25. The molecule has 1 N–H and O–H groups in total. The molecule has 0 radical (unpaired) electrons. The maximum atomic E-state index is 13.3. The van der Waals surface area contributed by atoms with Gasteiger partial charge in [0.1, 0.15) is 5.56 Å². The largest absolute Gasteiger partial charge is 0.322 e. The van der Waals surface area contributed by atoms with Crippen LogP contribution in [0.4, 0.5) is 5.69 Å². The van der Waals surface area contributed by atoms with E-state index in [-0.39, 0.29) is 5.91 Å². The van der Waals surface area contributed by atoms with Gasteiger partial charge in [0.15, 0.2) is 5.82 Å². The average Bonchev–Trinajstić information content (AvgIpc) is 3.33. The van der Waals surface area contributed by atoms with Crippen molar-refractivity contribution in [2.45, 2.75) is 20.8 Å². The molecule has 0 aliphatic heterocycles. The van der Waals surface area contributed by atoms with Crippen LogP contribution in [0.5, 0.6) is 0 Å². The van der Waals surface area contributed by atoms with E-state index in [1.807, 2.05) is 80.2 Å². The summed E-state index contributed by atoms with van der Waals surface area (Å²) in [6, 6.07) is 17.3. The van der Waals surface area contributed by atoms with Crippen LogP contribution in [0.2, 0.25) is 5.02 Å². The lowest BCUT2D eigenvalue weighted by atomic mass is 10.1. The number of hydrogen-bond donors (Lipinski definition) is 1. The number of halogens is 1. The van der Waals surface area contributed by atoms with E-state index < -0.39 is 0 Å². The molecule has 6 heteroatoms. The van der Waals surface area contributed by atoms with E-state index in [9.17, 15) is 4.79 Å². The lowest BCUT2D eigenvalue weighted by Crippen LogP contribution is -2.16. The SMILES string of the molecule is Cc1ccc(-n2nc(C)c(C(=O)Nc3cc(Cl)ccc3C)c2-n2cccc2)cc1. The van der Waals surface area contributed by atoms with Crippen LogP contribution in [0.15, 0.2) is 67.0 Å². The van der Waals surface area contributed by atoms with Crippen LogP contribution < -0.4 is 5.32 Å². The van der Waals surface area contributed by atoms with Crippen molar-refractivity contribution in [1.29, 1.82) is 0 Å². The van der Waals surface area contributed by atoms with Crippen LogP contribution in [-0.4, -0.2) is 20.3 Å². The number of hydrogen-bond acceptors (Lipinski definition) is 2. The average molecular weight is 405 g/mol. The second kappa shape index (κ2) is 7.60. The maximum Gasteiger partial charge on any atom is 0.261 e. The number of aromatic nitrogens is 3. The summed E-state index contributed by atoms with van der Waals surface area (Å²) in [6.07, 6.45) is 3.81. The number of rotatable bonds is 4. The zero-order valence-corrected chi connectivity index (χ0v) is 17.2. The molecule has 0 unspecified atom stereocenters. The van der Waals surface area contributed by atoms with Gasteiger partial charge in [0.25, 0.3) is 5.91 Å². The van der Waals surface area contributed by atoms with Gasteiger partial charge in [-0.2, -0.15) is 5.10 Å². The fourth-order valence-corrected chi connectivity index (χ4v) is 3.45. The number of anilines is 1. The zero-order valence-electron chi connectivity index (χ0n) is 16.5. The van der Waals surface area contributed by atoms with Crippen LogP contribution in [-0.2, 0) is 0 Å². The first-order valence-corrected chi connectivity index (χ1v) is 9.69. The van der Waals surface area contributed by atoms with Crippen molar-refractivity contribution in [2.24, 2.45) is 0 Å². The number of nitrogens with one attached hydrogen (secondary N) is 1. The van der Waals surface area contributed by atoms with E-state index in [0.29, 0.717) is 27.8 Å². The molecule has 0 aliphatic rings. The molecular formula is C23H21ClN4O. The Bertz CT molecular complexity index is 1170. The fourth-order valence-electron chi connectivity index (χ4n) is 3.27. The molecule has 0 aliphatic carbocycles. The Morgan fingerprint density at radius 2 is 1.69 bits per heavy atom. The summed E-state index contributed by atoms with van der Waals surface area (Å²) in [7, 11) is 0. The highest BCUT2D eigenvalue weighted by Gasteiger charge is 2.24. The maximum absolute atomic E-state index is 13.3. The van der Waals surface area contributed by atoms with Crippen molar-refractivity contribution in [3.63, 3.8) is 0 Å². The van der Waals surface area contributed by atoms with Gasteiger partial charge in [-0.15, -0.1) is 0 Å². The third-order valence-electron chi connectivity index (χ3n) is 4.84. The lowest BCUT2D eigenvalue weighted by Gasteiger charge is -2.12. The van der Waals surface area contributed by atoms with Gasteiger partial charge in [0.2, 0.25) is 0 Å². The fraction of sp³-hybridized carbons (Fsp3) is 0.130. The van der Waals surface area contributed by atoms with Crippen molar-refractivity contribution in [3.8, 4) is 11.5 Å². The van der Waals surface area contributed by atoms with Gasteiger partial charge >= 0.3 is 0 Å². The molecule has 2 heterocycles. The number of carbonyl (C=O) groups is 1. The molecule has 0 spiro atoms. The molecule has 0 bridgehead atoms. The van der Waals surface area contributed by atoms with Gasteiger partial charge < -0.3 is 9.88 Å². The summed E-state index contributed by atoms with van der Waals surface area (Å²) >= 11 is 6.12. The zero-order chi connectivity index (χ0) is 20.5. The van der Waals surface area contributed by atoms with Gasteiger partial charge in [-0.3, -0.25) is 4.79 Å². The van der Waals surface area contributed by atoms with Crippen LogP contribution in [0.25, 0.3) is 11.5 Å². The van der Waals surface area contributed by atoms with Crippen LogP contribution in [0.3, 0.4) is 0 Å². The smallest absolute Gasteiger partial charge is 0.261 e. The molecule has 2 aromatic heterocycles. The summed E-state index contributed by atoms with van der Waals surface area (Å²) in [6.45, 7) is 5.82. The normalized spacial score (nSPS) is 10.9. The Morgan fingerprint density at radius 3 is 2.38 bits per heavy atom. The Hall–Kier alpha value is -3.31. The monoisotopic (exact) mass is 404 g/mol. The minimum atomic E-state index is -0.227. The molecule has 4 rings (SSSR count). The molecule has 0 saturated heterocycles. The number of carbonyl (C=O) groups excluding carboxylic acids is 1. The third kappa shape index (κ3) is 3.69. The Kier molecular flexibility index (Phi) is 4.99. The molecule has 0 atom stereocenters. The molecular weight excluding hydrogens is 384 g/mol. The summed E-state index contributed by atoms with van der Waals surface area (Å²) < 4.78 is 3.70. The minimum absolute atomic E-state index is 0.227. The van der Waals surface area contributed by atoms with E-state index in [4.69, 9.17) is 11.6 Å². The Morgan fingerprint density at radius 1 is 1.00 bits per heavy atom. The predicted octanol–water partition coefficient (Wildman–Crippen LogP) is 5.49. The van der Waals surface area contributed by atoms with Crippen molar-refractivity contribution in [3.05, 3.63) is 94.4 Å². The first-order valence-electron chi connectivity index (χ1n) is 9.31. The number of amides is 1. The number of benzene rings is 2. The molecule has 146 valence electrons. The van der Waals surface area contributed by atoms with E-state index >= 15 is 0 Å². The highest BCUT2D eigenvalue weighted by molar-refractivity contribution is 6.31. The standard InChI is InChI=1S/C23H21ClN4O/c1-15-6-10-19(11-7-15)28-23(27-12-4-5-13-27)21(17(3)26-28)22(29)25-20-14-18(24)9-8-16(20)2/h4-14H,1-3H3,(H,25,29). The van der Waals surface area contributed by atoms with E-state index in [1.54, 1.807) is 16.8 Å². The first kappa shape index (κ1) is 19.0. The van der Waals surface area contributed by atoms with Crippen LogP contribution >= 0.6 is 11.6 Å². The lowest BCUT2D eigenvalue weighted by molar-refractivity contribution is 0.102. The molecule has 4 aromatic rings. The minimum Gasteiger partial charge on any atom is -0.322 e. The van der Waals surface area contributed by atoms with Crippen molar-refractivity contribution < 1.29 is 4.79 Å². The topological polar surface area (TPSA) is 51.9 Å². The predicted molar refractivity (Wildman–Crippen MR) is 117 cm³/mol. The molecule has 5 nitrogen and oxygen atoms in total. The molecule has 29 heavy (non-hydrogen) atoms. The van der Waals surface area contributed by atoms with Gasteiger partial charge in [0, 0.05) is 23.1 Å². The highest BCUT2D eigenvalue weighted by atomic mass is 35.5. The summed E-state index contributed by atoms with van der Waals surface area (Å²) in [5.74, 6) is 0.462. The van der Waals surface area contributed by atoms with Gasteiger partial charge in [-0.05, 0) is 62.7 Å².